The summed E-state index contributed by atoms with van der Waals surface area (Å²) in [4.78, 5) is 26.1. The van der Waals surface area contributed by atoms with Gasteiger partial charge in [-0.15, -0.1) is 0 Å². The quantitative estimate of drug-likeness (QED) is 0.823. The molecule has 1 saturated heterocycles. The second kappa shape index (κ2) is 4.78. The highest BCUT2D eigenvalue weighted by Gasteiger charge is 2.48. The summed E-state index contributed by atoms with van der Waals surface area (Å²) in [5.74, 6) is -0.212. The van der Waals surface area contributed by atoms with Crippen molar-refractivity contribution in [3.63, 3.8) is 0 Å². The fourth-order valence-electron chi connectivity index (χ4n) is 3.20. The number of hydrogen-bond donors (Lipinski definition) is 1. The van der Waals surface area contributed by atoms with Crippen LogP contribution in [0.25, 0.3) is 0 Å². The Hall–Kier alpha value is -1.68. The summed E-state index contributed by atoms with van der Waals surface area (Å²) in [6, 6.07) is 7.38. The monoisotopic (exact) mass is 258 g/mol. The third kappa shape index (κ3) is 1.96. The van der Waals surface area contributed by atoms with E-state index in [1.807, 2.05) is 24.3 Å². The minimum Gasteiger partial charge on any atom is -0.326 e. The van der Waals surface area contributed by atoms with Gasteiger partial charge in [0.1, 0.15) is 0 Å². The minimum absolute atomic E-state index is 0.0183. The van der Waals surface area contributed by atoms with E-state index in [0.29, 0.717) is 12.2 Å². The molecule has 2 atom stereocenters. The van der Waals surface area contributed by atoms with Crippen LogP contribution >= 0.6 is 0 Å². The molecule has 0 radical (unpaired) electrons. The Morgan fingerprint density at radius 1 is 1.00 bits per heavy atom. The van der Waals surface area contributed by atoms with Crippen molar-refractivity contribution in [2.75, 3.05) is 4.90 Å². The first kappa shape index (κ1) is 12.4. The Morgan fingerprint density at radius 2 is 1.53 bits per heavy atom. The molecular weight excluding hydrogens is 240 g/mol. The molecule has 1 aliphatic carbocycles. The number of rotatable bonds is 2. The standard InChI is InChI=1S/C15H18N2O2/c16-9-10-5-7-11(8-6-10)17-14(18)12-3-1-2-4-13(12)15(17)19/h5-8,12-13H,1-4,9,16H2. The van der Waals surface area contributed by atoms with Crippen molar-refractivity contribution >= 4 is 17.5 Å². The van der Waals surface area contributed by atoms with Crippen LogP contribution in [0.5, 0.6) is 0 Å². The predicted octanol–water partition coefficient (Wildman–Crippen LogP) is 1.82. The SMILES string of the molecule is NCc1ccc(N2C(=O)C3CCCCC3C2=O)cc1. The van der Waals surface area contributed by atoms with Gasteiger partial charge in [-0.1, -0.05) is 25.0 Å². The van der Waals surface area contributed by atoms with Crippen molar-refractivity contribution in [3.8, 4) is 0 Å². The highest BCUT2D eigenvalue weighted by molar-refractivity contribution is 6.22. The number of carbonyl (C=O) groups excluding carboxylic acids is 2. The molecule has 2 N–H and O–H groups in total. The van der Waals surface area contributed by atoms with Crippen molar-refractivity contribution in [1.82, 2.24) is 0 Å². The molecule has 1 saturated carbocycles. The second-order valence-corrected chi connectivity index (χ2v) is 5.38. The van der Waals surface area contributed by atoms with Crippen molar-refractivity contribution in [2.45, 2.75) is 32.2 Å². The van der Waals surface area contributed by atoms with Gasteiger partial charge < -0.3 is 5.73 Å². The largest absolute Gasteiger partial charge is 0.326 e. The maximum atomic E-state index is 12.4. The topological polar surface area (TPSA) is 63.4 Å². The summed E-state index contributed by atoms with van der Waals surface area (Å²) in [6.45, 7) is 0.466. The molecule has 2 aliphatic rings. The number of amides is 2. The van der Waals surface area contributed by atoms with Crippen LogP contribution in [0.2, 0.25) is 0 Å². The normalized spacial score (nSPS) is 26.7. The number of fused-ring (bicyclic) bond motifs is 1. The van der Waals surface area contributed by atoms with Crippen LogP contribution in [-0.2, 0) is 16.1 Å². The molecule has 0 spiro atoms. The molecule has 0 aromatic heterocycles. The Kier molecular flexibility index (Phi) is 3.11. The van der Waals surface area contributed by atoms with E-state index in [4.69, 9.17) is 5.73 Å². The van der Waals surface area contributed by atoms with Gasteiger partial charge >= 0.3 is 0 Å². The fraction of sp³-hybridized carbons (Fsp3) is 0.467. The van der Waals surface area contributed by atoms with Crippen LogP contribution in [0.15, 0.2) is 24.3 Å². The Labute approximate surface area is 112 Å². The summed E-state index contributed by atoms with van der Waals surface area (Å²) in [7, 11) is 0. The van der Waals surface area contributed by atoms with Crippen LogP contribution in [0.4, 0.5) is 5.69 Å². The van der Waals surface area contributed by atoms with E-state index in [1.165, 1.54) is 4.90 Å². The maximum Gasteiger partial charge on any atom is 0.237 e. The first-order valence-corrected chi connectivity index (χ1v) is 6.89. The summed E-state index contributed by atoms with van der Waals surface area (Å²) in [5, 5.41) is 0. The lowest BCUT2D eigenvalue weighted by molar-refractivity contribution is -0.122. The minimum atomic E-state index is -0.0876. The number of nitrogens with two attached hydrogens (primary N) is 1. The van der Waals surface area contributed by atoms with Crippen LogP contribution in [-0.4, -0.2) is 11.8 Å². The highest BCUT2D eigenvalue weighted by Crippen LogP contribution is 2.39. The summed E-state index contributed by atoms with van der Waals surface area (Å²) < 4.78 is 0. The molecule has 4 heteroatoms. The predicted molar refractivity (Wildman–Crippen MR) is 72.3 cm³/mol. The van der Waals surface area contributed by atoms with Gasteiger partial charge in [-0.2, -0.15) is 0 Å². The third-order valence-corrected chi connectivity index (χ3v) is 4.27. The Balaban J connectivity index is 1.91. The first-order valence-electron chi connectivity index (χ1n) is 6.89. The van der Waals surface area contributed by atoms with Crippen LogP contribution in [0.1, 0.15) is 31.2 Å². The number of anilines is 1. The number of benzene rings is 1. The third-order valence-electron chi connectivity index (χ3n) is 4.27. The van der Waals surface area contributed by atoms with Crippen molar-refractivity contribution in [1.29, 1.82) is 0 Å². The summed E-state index contributed by atoms with van der Waals surface area (Å²) in [6.07, 6.45) is 3.82. The molecule has 1 heterocycles. The molecule has 3 rings (SSSR count). The van der Waals surface area contributed by atoms with E-state index in [9.17, 15) is 9.59 Å². The Morgan fingerprint density at radius 3 is 2.00 bits per heavy atom. The van der Waals surface area contributed by atoms with Gasteiger partial charge in [0.2, 0.25) is 11.8 Å². The average molecular weight is 258 g/mol. The van der Waals surface area contributed by atoms with E-state index in [2.05, 4.69) is 0 Å². The second-order valence-electron chi connectivity index (χ2n) is 5.38. The number of hydrogen-bond acceptors (Lipinski definition) is 3. The van der Waals surface area contributed by atoms with E-state index in [1.54, 1.807) is 0 Å². The summed E-state index contributed by atoms with van der Waals surface area (Å²) >= 11 is 0. The molecule has 2 unspecified atom stereocenters. The lowest BCUT2D eigenvalue weighted by Gasteiger charge is -2.19. The zero-order valence-corrected chi connectivity index (χ0v) is 10.8. The van der Waals surface area contributed by atoms with Gasteiger partial charge in [-0.3, -0.25) is 14.5 Å². The van der Waals surface area contributed by atoms with Crippen molar-refractivity contribution in [2.24, 2.45) is 17.6 Å². The smallest absolute Gasteiger partial charge is 0.237 e. The lowest BCUT2D eigenvalue weighted by atomic mass is 9.81. The number of carbonyl (C=O) groups is 2. The van der Waals surface area contributed by atoms with Gasteiger partial charge in [0.25, 0.3) is 0 Å². The highest BCUT2D eigenvalue weighted by atomic mass is 16.2. The summed E-state index contributed by atoms with van der Waals surface area (Å²) in [5.41, 5.74) is 7.24. The van der Waals surface area contributed by atoms with Gasteiger partial charge in [0.05, 0.1) is 17.5 Å². The molecule has 19 heavy (non-hydrogen) atoms. The molecule has 0 bridgehead atoms. The average Bonchev–Trinajstić information content (AvgIpc) is 2.72. The maximum absolute atomic E-state index is 12.4. The first-order chi connectivity index (χ1) is 9.22. The molecule has 100 valence electrons. The van der Waals surface area contributed by atoms with Crippen LogP contribution < -0.4 is 10.6 Å². The zero-order valence-electron chi connectivity index (χ0n) is 10.8. The van der Waals surface area contributed by atoms with Crippen LogP contribution in [0, 0.1) is 11.8 Å². The van der Waals surface area contributed by atoms with E-state index >= 15 is 0 Å². The molecule has 1 aromatic carbocycles. The number of nitrogens with zero attached hydrogens (tertiary/aromatic N) is 1. The van der Waals surface area contributed by atoms with Crippen molar-refractivity contribution in [3.05, 3.63) is 29.8 Å². The molecular formula is C15H18N2O2. The van der Waals surface area contributed by atoms with Gasteiger partial charge in [-0.25, -0.2) is 0 Å². The zero-order chi connectivity index (χ0) is 13.4. The van der Waals surface area contributed by atoms with Crippen LogP contribution in [0.3, 0.4) is 0 Å². The molecule has 1 aliphatic heterocycles. The van der Waals surface area contributed by atoms with E-state index in [-0.39, 0.29) is 23.7 Å². The van der Waals surface area contributed by atoms with E-state index in [0.717, 1.165) is 31.2 Å². The fourth-order valence-corrected chi connectivity index (χ4v) is 3.20. The Bertz CT molecular complexity index is 485. The van der Waals surface area contributed by atoms with Gasteiger partial charge in [0.15, 0.2) is 0 Å². The molecule has 2 fully saturated rings. The molecule has 1 aromatic rings. The van der Waals surface area contributed by atoms with E-state index < -0.39 is 0 Å². The van der Waals surface area contributed by atoms with Crippen molar-refractivity contribution < 1.29 is 9.59 Å². The molecule has 2 amide bonds. The molecule has 4 nitrogen and oxygen atoms in total. The van der Waals surface area contributed by atoms with Gasteiger partial charge in [-0.05, 0) is 30.5 Å². The van der Waals surface area contributed by atoms with Gasteiger partial charge in [0, 0.05) is 6.54 Å². The number of imide groups is 1. The lowest BCUT2D eigenvalue weighted by Crippen LogP contribution is -2.30.